The van der Waals surface area contributed by atoms with Crippen LogP contribution in [0.5, 0.6) is 0 Å². The molecule has 0 spiro atoms. The molecule has 202 valence electrons. The lowest BCUT2D eigenvalue weighted by atomic mass is 9.84. The van der Waals surface area contributed by atoms with E-state index in [-0.39, 0.29) is 11.9 Å². The molecule has 3 heterocycles. The van der Waals surface area contributed by atoms with Gasteiger partial charge in [-0.3, -0.25) is 14.4 Å². The molecule has 0 aliphatic carbocycles. The molecule has 0 bridgehead atoms. The van der Waals surface area contributed by atoms with Crippen LogP contribution in [0.15, 0.2) is 36.5 Å². The van der Waals surface area contributed by atoms with Crippen molar-refractivity contribution in [2.45, 2.75) is 51.6 Å². The van der Waals surface area contributed by atoms with Crippen LogP contribution >= 0.6 is 0 Å². The lowest BCUT2D eigenvalue weighted by Crippen LogP contribution is -2.52. The van der Waals surface area contributed by atoms with Crippen LogP contribution in [-0.2, 0) is 16.6 Å². The first-order valence-electron chi connectivity index (χ1n) is 13.6. The van der Waals surface area contributed by atoms with Crippen molar-refractivity contribution in [3.05, 3.63) is 53.5 Å². The van der Waals surface area contributed by atoms with Crippen LogP contribution in [0, 0.1) is 11.7 Å². The van der Waals surface area contributed by atoms with Crippen molar-refractivity contribution in [1.82, 2.24) is 19.6 Å². The maximum absolute atomic E-state index is 14.5. The van der Waals surface area contributed by atoms with Gasteiger partial charge in [-0.15, -0.1) is 0 Å². The predicted molar refractivity (Wildman–Crippen MR) is 146 cm³/mol. The Bertz CT molecular complexity index is 1330. The number of fused-ring (bicyclic) bond motifs is 1. The Kier molecular flexibility index (Phi) is 7.63. The van der Waals surface area contributed by atoms with Gasteiger partial charge >= 0.3 is 0 Å². The SMILES string of the molecule is CC(C)[C@@H](CCC=O)N1CC(c2cc(-c3ccc(F)cc3C(=O)N3CCOC[C@H]3C)c3cnn(C)c3c2)C1. The van der Waals surface area contributed by atoms with E-state index in [0.29, 0.717) is 49.6 Å². The summed E-state index contributed by atoms with van der Waals surface area (Å²) in [6.45, 7) is 9.66. The molecule has 2 atom stereocenters. The number of carbonyl (C=O) groups is 2. The summed E-state index contributed by atoms with van der Waals surface area (Å²) in [4.78, 5) is 28.9. The molecule has 2 aliphatic heterocycles. The van der Waals surface area contributed by atoms with Gasteiger partial charge in [0.05, 0.1) is 36.5 Å². The van der Waals surface area contributed by atoms with E-state index < -0.39 is 5.82 Å². The predicted octanol–water partition coefficient (Wildman–Crippen LogP) is 4.64. The van der Waals surface area contributed by atoms with Gasteiger partial charge in [0, 0.05) is 50.4 Å². The van der Waals surface area contributed by atoms with Crippen LogP contribution in [0.3, 0.4) is 0 Å². The second-order valence-corrected chi connectivity index (χ2v) is 11.1. The summed E-state index contributed by atoms with van der Waals surface area (Å²) in [5.41, 5.74) is 4.16. The number of halogens is 1. The molecule has 0 N–H and O–H groups in total. The number of carbonyl (C=O) groups excluding carboxylic acids is 2. The third-order valence-electron chi connectivity index (χ3n) is 8.22. The van der Waals surface area contributed by atoms with Gasteiger partial charge in [0.2, 0.25) is 0 Å². The van der Waals surface area contributed by atoms with E-state index >= 15 is 0 Å². The number of ether oxygens (including phenoxy) is 1. The van der Waals surface area contributed by atoms with Crippen molar-refractivity contribution < 1.29 is 18.7 Å². The van der Waals surface area contributed by atoms with Gasteiger partial charge in [-0.1, -0.05) is 19.9 Å². The molecule has 0 saturated carbocycles. The molecule has 8 heteroatoms. The quantitative estimate of drug-likeness (QED) is 0.405. The number of hydrogen-bond acceptors (Lipinski definition) is 5. The fourth-order valence-electron chi connectivity index (χ4n) is 6.01. The molecule has 7 nitrogen and oxygen atoms in total. The number of amides is 1. The van der Waals surface area contributed by atoms with Gasteiger partial charge in [-0.2, -0.15) is 5.10 Å². The Balaban J connectivity index is 1.52. The molecular formula is C30H37FN4O3. The summed E-state index contributed by atoms with van der Waals surface area (Å²) >= 11 is 0. The Morgan fingerprint density at radius 3 is 2.71 bits per heavy atom. The van der Waals surface area contributed by atoms with Gasteiger partial charge in [0.25, 0.3) is 5.91 Å². The molecule has 0 unspecified atom stereocenters. The maximum Gasteiger partial charge on any atom is 0.254 e. The molecule has 0 radical (unpaired) electrons. The van der Waals surface area contributed by atoms with Gasteiger partial charge in [0.1, 0.15) is 12.1 Å². The van der Waals surface area contributed by atoms with Crippen molar-refractivity contribution >= 4 is 23.1 Å². The van der Waals surface area contributed by atoms with Crippen LogP contribution < -0.4 is 0 Å². The molecule has 2 fully saturated rings. The van der Waals surface area contributed by atoms with Gasteiger partial charge < -0.3 is 14.4 Å². The number of likely N-dealkylation sites (tertiary alicyclic amines) is 1. The van der Waals surface area contributed by atoms with Crippen LogP contribution in [0.25, 0.3) is 22.0 Å². The van der Waals surface area contributed by atoms with Crippen molar-refractivity contribution in [1.29, 1.82) is 0 Å². The van der Waals surface area contributed by atoms with E-state index in [9.17, 15) is 14.0 Å². The third kappa shape index (κ3) is 4.99. The summed E-state index contributed by atoms with van der Waals surface area (Å²) in [5, 5.41) is 5.45. The molecular weight excluding hydrogens is 483 g/mol. The van der Waals surface area contributed by atoms with Crippen molar-refractivity contribution in [3.63, 3.8) is 0 Å². The third-order valence-corrected chi connectivity index (χ3v) is 8.22. The average Bonchev–Trinajstić information content (AvgIpc) is 3.25. The number of benzene rings is 2. The highest BCUT2D eigenvalue weighted by Gasteiger charge is 2.35. The summed E-state index contributed by atoms with van der Waals surface area (Å²) in [5.74, 6) is 0.203. The Labute approximate surface area is 223 Å². The van der Waals surface area contributed by atoms with Crippen molar-refractivity contribution in [2.24, 2.45) is 13.0 Å². The molecule has 38 heavy (non-hydrogen) atoms. The van der Waals surface area contributed by atoms with Crippen LogP contribution in [0.2, 0.25) is 0 Å². The second-order valence-electron chi connectivity index (χ2n) is 11.1. The smallest absolute Gasteiger partial charge is 0.254 e. The molecule has 5 rings (SSSR count). The van der Waals surface area contributed by atoms with E-state index in [1.54, 1.807) is 11.0 Å². The zero-order chi connectivity index (χ0) is 27.0. The number of aldehydes is 1. The summed E-state index contributed by atoms with van der Waals surface area (Å²) in [6, 6.07) is 9.17. The second kappa shape index (κ2) is 10.9. The van der Waals surface area contributed by atoms with Gasteiger partial charge in [-0.25, -0.2) is 4.39 Å². The minimum Gasteiger partial charge on any atom is -0.377 e. The van der Waals surface area contributed by atoms with Gasteiger partial charge in [0.15, 0.2) is 0 Å². The Morgan fingerprint density at radius 2 is 2.00 bits per heavy atom. The summed E-state index contributed by atoms with van der Waals surface area (Å²) in [6.07, 6.45) is 4.29. The number of rotatable bonds is 8. The maximum atomic E-state index is 14.5. The summed E-state index contributed by atoms with van der Waals surface area (Å²) in [7, 11) is 1.92. The van der Waals surface area contributed by atoms with Crippen LogP contribution in [0.1, 0.15) is 55.5 Å². The van der Waals surface area contributed by atoms with E-state index in [4.69, 9.17) is 4.74 Å². The van der Waals surface area contributed by atoms with Crippen molar-refractivity contribution in [3.8, 4) is 11.1 Å². The Morgan fingerprint density at radius 1 is 1.21 bits per heavy atom. The highest BCUT2D eigenvalue weighted by molar-refractivity contribution is 6.05. The van der Waals surface area contributed by atoms with E-state index in [1.807, 2.05) is 24.9 Å². The van der Waals surface area contributed by atoms with Gasteiger partial charge in [-0.05, 0) is 60.2 Å². The fraction of sp³-hybridized carbons (Fsp3) is 0.500. The first kappa shape index (κ1) is 26.5. The Hall–Kier alpha value is -3.10. The number of hydrogen-bond donors (Lipinski definition) is 0. The molecule has 2 aliphatic rings. The highest BCUT2D eigenvalue weighted by atomic mass is 19.1. The van der Waals surface area contributed by atoms with Crippen LogP contribution in [0.4, 0.5) is 4.39 Å². The molecule has 1 amide bonds. The largest absolute Gasteiger partial charge is 0.377 e. The number of aryl methyl sites for hydroxylation is 1. The monoisotopic (exact) mass is 520 g/mol. The topological polar surface area (TPSA) is 67.7 Å². The van der Waals surface area contributed by atoms with Crippen LogP contribution in [-0.4, -0.2) is 76.7 Å². The first-order valence-corrected chi connectivity index (χ1v) is 13.6. The minimum atomic E-state index is -0.429. The van der Waals surface area contributed by atoms with E-state index in [0.717, 1.165) is 47.8 Å². The number of morpholine rings is 1. The minimum absolute atomic E-state index is 0.0776. The molecule has 3 aromatic rings. The van der Waals surface area contributed by atoms with Crippen molar-refractivity contribution in [2.75, 3.05) is 32.8 Å². The molecule has 1 aromatic heterocycles. The average molecular weight is 521 g/mol. The first-order chi connectivity index (χ1) is 18.3. The number of nitrogens with zero attached hydrogens (tertiary/aromatic N) is 4. The molecule has 2 saturated heterocycles. The zero-order valence-corrected chi connectivity index (χ0v) is 22.7. The lowest BCUT2D eigenvalue weighted by molar-refractivity contribution is -0.108. The van der Waals surface area contributed by atoms with E-state index in [1.165, 1.54) is 17.7 Å². The van der Waals surface area contributed by atoms with E-state index in [2.05, 4.69) is 36.0 Å². The normalized spacial score (nSPS) is 19.6. The summed E-state index contributed by atoms with van der Waals surface area (Å²) < 4.78 is 21.9. The fourth-order valence-corrected chi connectivity index (χ4v) is 6.01. The standard InChI is InChI=1S/C30H37FN4O3/c1-19(2)28(6-5-10-36)34-16-22(17-34)21-12-25(27-15-32-33(4)29(27)13-21)24-8-7-23(31)14-26(24)30(37)35-9-11-38-18-20(35)3/h7-8,10,12-15,19-20,22,28H,5-6,9,11,16-18H2,1-4H3/t20-,28-/m1/s1. The molecule has 2 aromatic carbocycles. The highest BCUT2D eigenvalue weighted by Crippen LogP contribution is 2.39. The number of aromatic nitrogens is 2. The lowest BCUT2D eigenvalue weighted by Gasteiger charge is -2.46. The zero-order valence-electron chi connectivity index (χ0n) is 22.7.